The molecule has 0 aromatic heterocycles. The van der Waals surface area contributed by atoms with Gasteiger partial charge < -0.3 is 15.5 Å². The van der Waals surface area contributed by atoms with Crippen molar-refractivity contribution in [2.75, 3.05) is 20.8 Å². The molecule has 0 heterocycles. The molecule has 0 aromatic rings. The summed E-state index contributed by atoms with van der Waals surface area (Å²) in [5.41, 5.74) is 1.20. The topological polar surface area (TPSA) is 69.6 Å². The molecule has 39 heavy (non-hydrogen) atoms. The maximum atomic E-state index is 10.9. The summed E-state index contributed by atoms with van der Waals surface area (Å²) in [6, 6.07) is 0. The van der Waals surface area contributed by atoms with Crippen LogP contribution in [0, 0.1) is 5.92 Å². The van der Waals surface area contributed by atoms with Gasteiger partial charge in [-0.2, -0.15) is 0 Å². The van der Waals surface area contributed by atoms with Crippen LogP contribution in [0.2, 0.25) is 0 Å². The minimum absolute atomic E-state index is 0.164. The molecule has 1 aliphatic carbocycles. The van der Waals surface area contributed by atoms with E-state index in [0.29, 0.717) is 6.42 Å². The van der Waals surface area contributed by atoms with E-state index in [9.17, 15) is 4.79 Å². The highest BCUT2D eigenvalue weighted by Crippen LogP contribution is 2.25. The molecule has 0 unspecified atom stereocenters. The molecule has 1 aliphatic rings. The lowest BCUT2D eigenvalue weighted by atomic mass is 10.1. The smallest absolute Gasteiger partial charge is 0.219 e. The lowest BCUT2D eigenvalue weighted by Gasteiger charge is -2.00. The Morgan fingerprint density at radius 2 is 1.33 bits per heavy atom. The van der Waals surface area contributed by atoms with Crippen LogP contribution in [0.4, 0.5) is 0 Å². The van der Waals surface area contributed by atoms with Gasteiger partial charge in [-0.1, -0.05) is 116 Å². The molecule has 0 bridgehead atoms. The van der Waals surface area contributed by atoms with E-state index in [4.69, 9.17) is 10.2 Å². The first-order valence-corrected chi connectivity index (χ1v) is 15.0. The molecule has 0 aromatic carbocycles. The van der Waals surface area contributed by atoms with Gasteiger partial charge in [-0.3, -0.25) is 4.79 Å². The maximum Gasteiger partial charge on any atom is 0.219 e. The van der Waals surface area contributed by atoms with Crippen molar-refractivity contribution in [2.24, 2.45) is 5.92 Å². The van der Waals surface area contributed by atoms with E-state index in [1.165, 1.54) is 44.1 Å². The minimum Gasteiger partial charge on any atom is -0.400 e. The summed E-state index contributed by atoms with van der Waals surface area (Å²) in [6.07, 6.45) is 26.5. The van der Waals surface area contributed by atoms with Crippen LogP contribution < -0.4 is 5.32 Å². The van der Waals surface area contributed by atoms with Gasteiger partial charge in [0.15, 0.2) is 0 Å². The van der Waals surface area contributed by atoms with Crippen LogP contribution in [0.1, 0.15) is 120 Å². The van der Waals surface area contributed by atoms with E-state index in [0.717, 1.165) is 45.9 Å². The fraction of sp³-hybridized carbons (Fsp3) is 0.629. The van der Waals surface area contributed by atoms with Gasteiger partial charge in [-0.05, 0) is 64.7 Å². The first kappa shape index (κ1) is 53.1. The van der Waals surface area contributed by atoms with Gasteiger partial charge in [0.1, 0.15) is 0 Å². The van der Waals surface area contributed by atoms with Crippen LogP contribution in [-0.2, 0) is 4.79 Å². The highest BCUT2D eigenvalue weighted by molar-refractivity contribution is 5.75. The summed E-state index contributed by atoms with van der Waals surface area (Å²) in [5, 5.41) is 16.8. The van der Waals surface area contributed by atoms with Crippen molar-refractivity contribution in [3.05, 3.63) is 74.4 Å². The number of allylic oxidation sites excluding steroid dienone is 8. The summed E-state index contributed by atoms with van der Waals surface area (Å²) in [4.78, 5) is 10.9. The molecule has 0 spiro atoms. The van der Waals surface area contributed by atoms with Crippen molar-refractivity contribution in [1.29, 1.82) is 0 Å². The predicted molar refractivity (Wildman–Crippen MR) is 182 cm³/mol. The zero-order valence-corrected chi connectivity index (χ0v) is 28.0. The Balaban J connectivity index is -0.0000000778. The van der Waals surface area contributed by atoms with Gasteiger partial charge in [-0.15, -0.1) is 13.2 Å². The molecule has 1 rings (SSSR count). The lowest BCUT2D eigenvalue weighted by Crippen LogP contribution is -2.21. The van der Waals surface area contributed by atoms with Crippen LogP contribution in [0.15, 0.2) is 74.4 Å². The molecule has 1 amide bonds. The third-order valence-electron chi connectivity index (χ3n) is 4.53. The van der Waals surface area contributed by atoms with Crippen molar-refractivity contribution in [3.63, 3.8) is 0 Å². The van der Waals surface area contributed by atoms with E-state index < -0.39 is 0 Å². The molecule has 1 saturated carbocycles. The summed E-state index contributed by atoms with van der Waals surface area (Å²) in [6.45, 7) is 30.3. The van der Waals surface area contributed by atoms with Gasteiger partial charge in [0.25, 0.3) is 0 Å². The molecule has 4 nitrogen and oxygen atoms in total. The maximum absolute atomic E-state index is 10.9. The molecule has 1 fully saturated rings. The van der Waals surface area contributed by atoms with Crippen LogP contribution in [0.3, 0.4) is 0 Å². The van der Waals surface area contributed by atoms with E-state index in [2.05, 4.69) is 49.9 Å². The number of unbranched alkanes of at least 4 members (excludes halogenated alkanes) is 2. The molecular formula is C35H71NO3. The number of amides is 1. The summed E-state index contributed by atoms with van der Waals surface area (Å²) in [5.74, 6) is 1.04. The molecule has 0 atom stereocenters. The van der Waals surface area contributed by atoms with E-state index >= 15 is 0 Å². The number of aliphatic hydroxyl groups excluding tert-OH is 2. The van der Waals surface area contributed by atoms with Gasteiger partial charge in [0, 0.05) is 27.2 Å². The van der Waals surface area contributed by atoms with Crippen LogP contribution in [0.25, 0.3) is 0 Å². The van der Waals surface area contributed by atoms with E-state index in [-0.39, 0.29) is 5.91 Å². The van der Waals surface area contributed by atoms with E-state index in [1.54, 1.807) is 6.08 Å². The number of hydrogen-bond acceptors (Lipinski definition) is 3. The van der Waals surface area contributed by atoms with Crippen molar-refractivity contribution < 1.29 is 15.0 Å². The molecular weight excluding hydrogens is 482 g/mol. The second-order valence-corrected chi connectivity index (χ2v) is 7.03. The average Bonchev–Trinajstić information content (AvgIpc) is 3.54. The molecule has 3 N–H and O–H groups in total. The average molecular weight is 554 g/mol. The Bertz CT molecular complexity index is 502. The number of rotatable bonds is 12. The van der Waals surface area contributed by atoms with E-state index in [1.807, 2.05) is 73.6 Å². The van der Waals surface area contributed by atoms with Crippen molar-refractivity contribution in [1.82, 2.24) is 5.32 Å². The highest BCUT2D eigenvalue weighted by Gasteiger charge is 2.10. The first-order valence-electron chi connectivity index (χ1n) is 15.0. The van der Waals surface area contributed by atoms with Gasteiger partial charge in [-0.25, -0.2) is 0 Å². The Morgan fingerprint density at radius 1 is 0.872 bits per heavy atom. The molecule has 0 saturated heterocycles. The third kappa shape index (κ3) is 61.5. The predicted octanol–water partition coefficient (Wildman–Crippen LogP) is 10.2. The Morgan fingerprint density at radius 3 is 1.77 bits per heavy atom. The monoisotopic (exact) mass is 554 g/mol. The standard InChI is InChI=1S/C16H24.C9H17NO.3C2H6.C2H4.2CH4O/c1-3-4-10-15(2)11-6-5-7-12-16-13-8-9-14-16;1-3-5-6-7-8-9(11)10-4-2;6*1-2/h3-4,7,10,12,16H,1-2,5-6,8-9,11,13-14H2;3,5H,4,6-8H2,1-2H3,(H,10,11);3*1-2H3;1-2H2;2*2H,1H3/b10-4-,12-7+;5-3-;;;;;;. The Labute approximate surface area is 246 Å². The zero-order valence-electron chi connectivity index (χ0n) is 28.0. The van der Waals surface area contributed by atoms with Crippen LogP contribution >= 0.6 is 0 Å². The number of carbonyl (C=O) groups excluding carboxylic acids is 1. The van der Waals surface area contributed by atoms with Crippen LogP contribution in [-0.4, -0.2) is 36.9 Å². The number of aliphatic hydroxyl groups is 2. The second-order valence-electron chi connectivity index (χ2n) is 7.03. The SMILES string of the molecule is C/C=C\CCCC(=O)NCC.C=C.C=C/C=C\C(=C)CCC/C=C/C1CCCC1.CC.CC.CC.CO.CO. The Hall–Kier alpha value is -2.17. The van der Waals surface area contributed by atoms with Crippen LogP contribution in [0.5, 0.6) is 0 Å². The lowest BCUT2D eigenvalue weighted by molar-refractivity contribution is -0.121. The second kappa shape index (κ2) is 65.1. The fourth-order valence-corrected chi connectivity index (χ4v) is 3.01. The fourth-order valence-electron chi connectivity index (χ4n) is 3.01. The van der Waals surface area contributed by atoms with Crippen molar-refractivity contribution >= 4 is 5.91 Å². The normalized spacial score (nSPS) is 11.0. The largest absolute Gasteiger partial charge is 0.400 e. The highest BCUT2D eigenvalue weighted by atomic mass is 16.2. The first-order chi connectivity index (χ1) is 19.1. The summed E-state index contributed by atoms with van der Waals surface area (Å²) in [7, 11) is 2.00. The zero-order chi connectivity index (χ0) is 32.2. The van der Waals surface area contributed by atoms with Gasteiger partial charge in [0.2, 0.25) is 5.91 Å². The number of hydrogen-bond donors (Lipinski definition) is 3. The Kier molecular flexibility index (Phi) is 88.8. The molecule has 0 radical (unpaired) electrons. The summed E-state index contributed by atoms with van der Waals surface area (Å²) < 4.78 is 0. The third-order valence-corrected chi connectivity index (χ3v) is 4.53. The molecule has 0 aliphatic heterocycles. The number of nitrogens with one attached hydrogen (secondary N) is 1. The molecule has 4 heteroatoms. The van der Waals surface area contributed by atoms with Gasteiger partial charge >= 0.3 is 0 Å². The molecule has 234 valence electrons. The van der Waals surface area contributed by atoms with Gasteiger partial charge in [0.05, 0.1) is 0 Å². The minimum atomic E-state index is 0.164. The van der Waals surface area contributed by atoms with Crippen molar-refractivity contribution in [2.45, 2.75) is 120 Å². The quantitative estimate of drug-likeness (QED) is 0.128. The summed E-state index contributed by atoms with van der Waals surface area (Å²) >= 11 is 0. The van der Waals surface area contributed by atoms with Crippen molar-refractivity contribution in [3.8, 4) is 0 Å². The number of carbonyl (C=O) groups is 1.